The molecule has 0 fully saturated rings. The molecule has 0 unspecified atom stereocenters. The summed E-state index contributed by atoms with van der Waals surface area (Å²) in [6.45, 7) is 4.36. The van der Waals surface area contributed by atoms with E-state index in [4.69, 9.17) is 4.74 Å². The Bertz CT molecular complexity index is 655. The van der Waals surface area contributed by atoms with Crippen molar-refractivity contribution >= 4 is 5.91 Å². The second kappa shape index (κ2) is 7.59. The minimum Gasteiger partial charge on any atom is -0.484 e. The lowest BCUT2D eigenvalue weighted by Gasteiger charge is -2.09. The van der Waals surface area contributed by atoms with Gasteiger partial charge in [-0.1, -0.05) is 24.3 Å². The number of carbonyl (C=O) groups is 1. The molecule has 22 heavy (non-hydrogen) atoms. The van der Waals surface area contributed by atoms with Crippen LogP contribution in [0.5, 0.6) is 5.75 Å². The van der Waals surface area contributed by atoms with Crippen LogP contribution in [0.1, 0.15) is 16.7 Å². The maximum absolute atomic E-state index is 13.4. The minimum atomic E-state index is -0.247. The van der Waals surface area contributed by atoms with Crippen LogP contribution in [-0.4, -0.2) is 19.1 Å². The molecular formula is C18H20FNO2. The van der Waals surface area contributed by atoms with Gasteiger partial charge >= 0.3 is 0 Å². The van der Waals surface area contributed by atoms with Crippen LogP contribution in [0.2, 0.25) is 0 Å². The normalized spacial score (nSPS) is 10.3. The van der Waals surface area contributed by atoms with E-state index < -0.39 is 0 Å². The molecule has 0 heterocycles. The molecule has 2 aromatic carbocycles. The maximum Gasteiger partial charge on any atom is 0.257 e. The van der Waals surface area contributed by atoms with Crippen LogP contribution in [0.25, 0.3) is 0 Å². The molecule has 0 spiro atoms. The summed E-state index contributed by atoms with van der Waals surface area (Å²) in [7, 11) is 0. The molecule has 0 aliphatic carbocycles. The first kappa shape index (κ1) is 16.0. The van der Waals surface area contributed by atoms with Crippen molar-refractivity contribution in [1.29, 1.82) is 0 Å². The highest BCUT2D eigenvalue weighted by molar-refractivity contribution is 5.77. The fraction of sp³-hybridized carbons (Fsp3) is 0.278. The average Bonchev–Trinajstić information content (AvgIpc) is 2.50. The zero-order chi connectivity index (χ0) is 15.9. The van der Waals surface area contributed by atoms with Crippen molar-refractivity contribution in [3.63, 3.8) is 0 Å². The Morgan fingerprint density at radius 2 is 1.91 bits per heavy atom. The topological polar surface area (TPSA) is 38.3 Å². The molecule has 0 atom stereocenters. The molecule has 0 aliphatic rings. The highest BCUT2D eigenvalue weighted by Gasteiger charge is 2.05. The SMILES string of the molecule is Cc1ccc(OCC(=O)NCCc2ccccc2F)cc1C. The zero-order valence-electron chi connectivity index (χ0n) is 12.9. The van der Waals surface area contributed by atoms with E-state index in [2.05, 4.69) is 5.32 Å². The molecule has 1 N–H and O–H groups in total. The van der Waals surface area contributed by atoms with E-state index in [1.54, 1.807) is 18.2 Å². The average molecular weight is 301 g/mol. The van der Waals surface area contributed by atoms with Gasteiger partial charge < -0.3 is 10.1 Å². The second-order valence-corrected chi connectivity index (χ2v) is 5.23. The third-order valence-electron chi connectivity index (χ3n) is 3.52. The number of hydrogen-bond donors (Lipinski definition) is 1. The highest BCUT2D eigenvalue weighted by Crippen LogP contribution is 2.16. The van der Waals surface area contributed by atoms with E-state index in [0.717, 1.165) is 5.56 Å². The quantitative estimate of drug-likeness (QED) is 0.890. The van der Waals surface area contributed by atoms with Gasteiger partial charge in [0.25, 0.3) is 5.91 Å². The lowest BCUT2D eigenvalue weighted by atomic mass is 10.1. The summed E-state index contributed by atoms with van der Waals surface area (Å²) in [5.41, 5.74) is 2.90. The molecule has 0 aromatic heterocycles. The van der Waals surface area contributed by atoms with E-state index >= 15 is 0 Å². The number of benzene rings is 2. The predicted molar refractivity (Wildman–Crippen MR) is 84.5 cm³/mol. The molecule has 3 nitrogen and oxygen atoms in total. The largest absolute Gasteiger partial charge is 0.484 e. The van der Waals surface area contributed by atoms with Crippen LogP contribution in [0.15, 0.2) is 42.5 Å². The summed E-state index contributed by atoms with van der Waals surface area (Å²) < 4.78 is 18.9. The number of aryl methyl sites for hydroxylation is 2. The Hall–Kier alpha value is -2.36. The molecule has 0 radical (unpaired) electrons. The van der Waals surface area contributed by atoms with Crippen LogP contribution >= 0.6 is 0 Å². The number of carbonyl (C=O) groups excluding carboxylic acids is 1. The zero-order valence-corrected chi connectivity index (χ0v) is 12.9. The first-order valence-electron chi connectivity index (χ1n) is 7.26. The van der Waals surface area contributed by atoms with Gasteiger partial charge in [0, 0.05) is 6.54 Å². The lowest BCUT2D eigenvalue weighted by molar-refractivity contribution is -0.123. The number of hydrogen-bond acceptors (Lipinski definition) is 2. The van der Waals surface area contributed by atoms with Gasteiger partial charge in [0.15, 0.2) is 6.61 Å². The number of nitrogens with one attached hydrogen (secondary N) is 1. The number of halogens is 1. The molecule has 116 valence electrons. The third-order valence-corrected chi connectivity index (χ3v) is 3.52. The molecule has 0 saturated carbocycles. The molecule has 2 aromatic rings. The van der Waals surface area contributed by atoms with Crippen LogP contribution in [0, 0.1) is 19.7 Å². The van der Waals surface area contributed by atoms with Gasteiger partial charge in [-0.2, -0.15) is 0 Å². The molecule has 0 saturated heterocycles. The summed E-state index contributed by atoms with van der Waals surface area (Å²) in [5, 5.41) is 2.72. The Labute approximate surface area is 130 Å². The summed E-state index contributed by atoms with van der Waals surface area (Å²) >= 11 is 0. The Morgan fingerprint density at radius 1 is 1.14 bits per heavy atom. The van der Waals surface area contributed by atoms with Gasteiger partial charge in [0.1, 0.15) is 11.6 Å². The molecule has 0 bridgehead atoms. The number of rotatable bonds is 6. The first-order chi connectivity index (χ1) is 10.6. The molecular weight excluding hydrogens is 281 g/mol. The predicted octanol–water partition coefficient (Wildman–Crippen LogP) is 3.18. The lowest BCUT2D eigenvalue weighted by Crippen LogP contribution is -2.30. The smallest absolute Gasteiger partial charge is 0.257 e. The van der Waals surface area contributed by atoms with Crippen molar-refractivity contribution in [2.75, 3.05) is 13.2 Å². The molecule has 2 rings (SSSR count). The van der Waals surface area contributed by atoms with Gasteiger partial charge in [-0.05, 0) is 55.2 Å². The third kappa shape index (κ3) is 4.58. The minimum absolute atomic E-state index is 0.0419. The van der Waals surface area contributed by atoms with E-state index in [0.29, 0.717) is 24.3 Å². The van der Waals surface area contributed by atoms with Crippen molar-refractivity contribution in [3.8, 4) is 5.75 Å². The fourth-order valence-corrected chi connectivity index (χ4v) is 2.04. The number of amides is 1. The van der Waals surface area contributed by atoms with Crippen molar-refractivity contribution in [2.24, 2.45) is 0 Å². The Morgan fingerprint density at radius 3 is 2.64 bits per heavy atom. The Balaban J connectivity index is 1.74. The van der Waals surface area contributed by atoms with E-state index in [1.807, 2.05) is 32.0 Å². The van der Waals surface area contributed by atoms with Crippen LogP contribution < -0.4 is 10.1 Å². The van der Waals surface area contributed by atoms with E-state index in [9.17, 15) is 9.18 Å². The van der Waals surface area contributed by atoms with Gasteiger partial charge in [-0.25, -0.2) is 4.39 Å². The first-order valence-corrected chi connectivity index (χ1v) is 7.26. The standard InChI is InChI=1S/C18H20FNO2/c1-13-7-8-16(11-14(13)2)22-12-18(21)20-10-9-15-5-3-4-6-17(15)19/h3-8,11H,9-10,12H2,1-2H3,(H,20,21). The van der Waals surface area contributed by atoms with Gasteiger partial charge in [0.2, 0.25) is 0 Å². The van der Waals surface area contributed by atoms with Crippen molar-refractivity contribution in [2.45, 2.75) is 20.3 Å². The molecule has 1 amide bonds. The van der Waals surface area contributed by atoms with Gasteiger partial charge in [-0.3, -0.25) is 4.79 Å². The highest BCUT2D eigenvalue weighted by atomic mass is 19.1. The second-order valence-electron chi connectivity index (χ2n) is 5.23. The molecule has 0 aliphatic heterocycles. The van der Waals surface area contributed by atoms with Gasteiger partial charge in [-0.15, -0.1) is 0 Å². The summed E-state index contributed by atoms with van der Waals surface area (Å²) in [5.74, 6) is 0.213. The van der Waals surface area contributed by atoms with Crippen LogP contribution in [-0.2, 0) is 11.2 Å². The van der Waals surface area contributed by atoms with E-state index in [-0.39, 0.29) is 18.3 Å². The number of ether oxygens (including phenoxy) is 1. The maximum atomic E-state index is 13.4. The summed E-state index contributed by atoms with van der Waals surface area (Å²) in [6.07, 6.45) is 0.460. The fourth-order valence-electron chi connectivity index (χ4n) is 2.04. The van der Waals surface area contributed by atoms with Crippen LogP contribution in [0.4, 0.5) is 4.39 Å². The van der Waals surface area contributed by atoms with Crippen molar-refractivity contribution < 1.29 is 13.9 Å². The monoisotopic (exact) mass is 301 g/mol. The summed E-state index contributed by atoms with van der Waals surface area (Å²) in [4.78, 5) is 11.7. The molecule has 4 heteroatoms. The van der Waals surface area contributed by atoms with Crippen molar-refractivity contribution in [1.82, 2.24) is 5.32 Å². The van der Waals surface area contributed by atoms with Crippen LogP contribution in [0.3, 0.4) is 0 Å². The van der Waals surface area contributed by atoms with Gasteiger partial charge in [0.05, 0.1) is 0 Å². The Kier molecular flexibility index (Phi) is 5.53. The van der Waals surface area contributed by atoms with E-state index in [1.165, 1.54) is 11.6 Å². The summed E-state index contributed by atoms with van der Waals surface area (Å²) in [6, 6.07) is 12.3. The van der Waals surface area contributed by atoms with Crippen molar-refractivity contribution in [3.05, 3.63) is 65.0 Å².